The normalized spacial score (nSPS) is 11.1. The molecule has 0 saturated heterocycles. The maximum Gasteiger partial charge on any atom is 0.325 e. The van der Waals surface area contributed by atoms with Crippen LogP contribution in [0.3, 0.4) is 0 Å². The lowest BCUT2D eigenvalue weighted by molar-refractivity contribution is 0.612. The summed E-state index contributed by atoms with van der Waals surface area (Å²) in [5.74, 6) is 0.590. The van der Waals surface area contributed by atoms with Crippen molar-refractivity contribution in [2.24, 2.45) is 5.92 Å². The van der Waals surface area contributed by atoms with E-state index in [9.17, 15) is 4.79 Å². The summed E-state index contributed by atoms with van der Waals surface area (Å²) in [5.41, 5.74) is 1.09. The highest BCUT2D eigenvalue weighted by Crippen LogP contribution is 2.03. The Hall–Kier alpha value is -0.990. The first-order valence-electron chi connectivity index (χ1n) is 5.41. The molecule has 0 unspecified atom stereocenters. The Morgan fingerprint density at radius 3 is 2.79 bits per heavy atom. The van der Waals surface area contributed by atoms with E-state index in [2.05, 4.69) is 25.8 Å². The molecule has 1 rings (SSSR count). The minimum absolute atomic E-state index is 0.0362. The van der Waals surface area contributed by atoms with Crippen LogP contribution in [0.1, 0.15) is 39.3 Å². The van der Waals surface area contributed by atoms with Crippen molar-refractivity contribution in [3.05, 3.63) is 22.4 Å². The number of imidazole rings is 1. The van der Waals surface area contributed by atoms with Gasteiger partial charge in [-0.25, -0.2) is 4.79 Å². The number of H-pyrrole nitrogens is 1. The van der Waals surface area contributed by atoms with Gasteiger partial charge < -0.3 is 4.98 Å². The second-order valence-electron chi connectivity index (χ2n) is 4.23. The molecule has 0 spiro atoms. The van der Waals surface area contributed by atoms with Crippen molar-refractivity contribution >= 4 is 0 Å². The minimum atomic E-state index is 0.0362. The predicted molar refractivity (Wildman–Crippen MR) is 58.5 cm³/mol. The number of nitrogens with zero attached hydrogens (tertiary/aromatic N) is 1. The molecule has 1 aromatic rings. The summed E-state index contributed by atoms with van der Waals surface area (Å²) in [4.78, 5) is 14.3. The van der Waals surface area contributed by atoms with E-state index in [0.717, 1.165) is 31.5 Å². The van der Waals surface area contributed by atoms with Gasteiger partial charge >= 0.3 is 5.69 Å². The molecule has 14 heavy (non-hydrogen) atoms. The fourth-order valence-electron chi connectivity index (χ4n) is 1.53. The molecule has 0 aromatic carbocycles. The highest BCUT2D eigenvalue weighted by molar-refractivity contribution is 4.97. The third kappa shape index (κ3) is 3.05. The summed E-state index contributed by atoms with van der Waals surface area (Å²) in [7, 11) is 0. The number of hydrogen-bond acceptors (Lipinski definition) is 1. The molecule has 80 valence electrons. The van der Waals surface area contributed by atoms with Crippen LogP contribution in [0.5, 0.6) is 0 Å². The molecule has 0 aliphatic heterocycles. The van der Waals surface area contributed by atoms with E-state index in [4.69, 9.17) is 0 Å². The Bertz CT molecular complexity index is 322. The van der Waals surface area contributed by atoms with Gasteiger partial charge in [0, 0.05) is 18.4 Å². The Balaban J connectivity index is 2.67. The Kier molecular flexibility index (Phi) is 3.98. The van der Waals surface area contributed by atoms with Crippen LogP contribution in [0.4, 0.5) is 0 Å². The Labute approximate surface area is 85.2 Å². The number of rotatable bonds is 5. The highest BCUT2D eigenvalue weighted by atomic mass is 16.1. The van der Waals surface area contributed by atoms with E-state index in [1.54, 1.807) is 4.57 Å². The van der Waals surface area contributed by atoms with E-state index >= 15 is 0 Å². The van der Waals surface area contributed by atoms with Crippen molar-refractivity contribution in [2.45, 2.75) is 46.6 Å². The molecule has 3 nitrogen and oxygen atoms in total. The zero-order valence-corrected chi connectivity index (χ0v) is 9.34. The van der Waals surface area contributed by atoms with Crippen molar-refractivity contribution in [3.63, 3.8) is 0 Å². The van der Waals surface area contributed by atoms with E-state index in [1.165, 1.54) is 0 Å². The van der Waals surface area contributed by atoms with Gasteiger partial charge in [0.15, 0.2) is 0 Å². The maximum atomic E-state index is 11.4. The van der Waals surface area contributed by atoms with Gasteiger partial charge in [0.1, 0.15) is 0 Å². The number of unbranched alkanes of at least 4 members (excludes halogenated alkanes) is 1. The number of aryl methyl sites for hydroxylation is 1. The number of hydrogen-bond donors (Lipinski definition) is 1. The average Bonchev–Trinajstić information content (AvgIpc) is 2.41. The standard InChI is InChI=1S/C11H20N2O/c1-4-5-6-13-8-10(7-9(2)3)12-11(13)14/h8-9H,4-7H2,1-3H3,(H,12,14). The molecule has 0 fully saturated rings. The van der Waals surface area contributed by atoms with Gasteiger partial charge in [-0.2, -0.15) is 0 Å². The van der Waals surface area contributed by atoms with E-state index in [0.29, 0.717) is 5.92 Å². The van der Waals surface area contributed by atoms with Crippen molar-refractivity contribution in [3.8, 4) is 0 Å². The molecule has 1 N–H and O–H groups in total. The van der Waals surface area contributed by atoms with Crippen LogP contribution in [0.2, 0.25) is 0 Å². The van der Waals surface area contributed by atoms with Gasteiger partial charge in [-0.1, -0.05) is 27.2 Å². The zero-order chi connectivity index (χ0) is 10.6. The molecule has 0 aliphatic rings. The number of nitrogens with one attached hydrogen (secondary N) is 1. The fraction of sp³-hybridized carbons (Fsp3) is 0.727. The van der Waals surface area contributed by atoms with Crippen molar-refractivity contribution in [1.29, 1.82) is 0 Å². The van der Waals surface area contributed by atoms with Gasteiger partial charge in [0.05, 0.1) is 0 Å². The molecule has 0 saturated carbocycles. The third-order valence-corrected chi connectivity index (χ3v) is 2.22. The van der Waals surface area contributed by atoms with Crippen molar-refractivity contribution < 1.29 is 0 Å². The lowest BCUT2D eigenvalue weighted by atomic mass is 10.1. The van der Waals surface area contributed by atoms with E-state index in [-0.39, 0.29) is 5.69 Å². The first-order chi connectivity index (χ1) is 6.63. The summed E-state index contributed by atoms with van der Waals surface area (Å²) in [5, 5.41) is 0. The van der Waals surface area contributed by atoms with E-state index < -0.39 is 0 Å². The summed E-state index contributed by atoms with van der Waals surface area (Å²) < 4.78 is 1.78. The van der Waals surface area contributed by atoms with Crippen LogP contribution in [0.25, 0.3) is 0 Å². The molecular weight excluding hydrogens is 176 g/mol. The van der Waals surface area contributed by atoms with Crippen LogP contribution in [-0.2, 0) is 13.0 Å². The minimum Gasteiger partial charge on any atom is -0.310 e. The summed E-state index contributed by atoms with van der Waals surface area (Å²) in [6.45, 7) is 7.28. The van der Waals surface area contributed by atoms with Crippen LogP contribution in [0, 0.1) is 5.92 Å². The van der Waals surface area contributed by atoms with Gasteiger partial charge in [0.2, 0.25) is 0 Å². The van der Waals surface area contributed by atoms with Crippen LogP contribution >= 0.6 is 0 Å². The summed E-state index contributed by atoms with van der Waals surface area (Å²) in [6.07, 6.45) is 5.10. The molecule has 1 aromatic heterocycles. The lowest BCUT2D eigenvalue weighted by Crippen LogP contribution is -2.15. The fourth-order valence-corrected chi connectivity index (χ4v) is 1.53. The van der Waals surface area contributed by atoms with Gasteiger partial charge in [0.25, 0.3) is 0 Å². The second-order valence-corrected chi connectivity index (χ2v) is 4.23. The monoisotopic (exact) mass is 196 g/mol. The van der Waals surface area contributed by atoms with Crippen LogP contribution in [0.15, 0.2) is 11.0 Å². The van der Waals surface area contributed by atoms with Crippen LogP contribution < -0.4 is 5.69 Å². The summed E-state index contributed by atoms with van der Waals surface area (Å²) >= 11 is 0. The van der Waals surface area contributed by atoms with Gasteiger partial charge in [-0.15, -0.1) is 0 Å². The maximum absolute atomic E-state index is 11.4. The predicted octanol–water partition coefficient (Wildman–Crippen LogP) is 2.18. The molecule has 0 atom stereocenters. The highest BCUT2D eigenvalue weighted by Gasteiger charge is 2.03. The molecule has 0 amide bonds. The Morgan fingerprint density at radius 2 is 2.21 bits per heavy atom. The lowest BCUT2D eigenvalue weighted by Gasteiger charge is -2.00. The molecule has 0 radical (unpaired) electrons. The van der Waals surface area contributed by atoms with E-state index in [1.807, 2.05) is 6.20 Å². The van der Waals surface area contributed by atoms with Crippen molar-refractivity contribution in [1.82, 2.24) is 9.55 Å². The third-order valence-electron chi connectivity index (χ3n) is 2.22. The van der Waals surface area contributed by atoms with Gasteiger partial charge in [-0.3, -0.25) is 4.57 Å². The first-order valence-corrected chi connectivity index (χ1v) is 5.41. The molecule has 0 bridgehead atoms. The first kappa shape index (κ1) is 11.1. The largest absolute Gasteiger partial charge is 0.325 e. The topological polar surface area (TPSA) is 37.8 Å². The smallest absolute Gasteiger partial charge is 0.310 e. The summed E-state index contributed by atoms with van der Waals surface area (Å²) in [6, 6.07) is 0. The van der Waals surface area contributed by atoms with Crippen LogP contribution in [-0.4, -0.2) is 9.55 Å². The zero-order valence-electron chi connectivity index (χ0n) is 9.34. The number of aromatic amines is 1. The second kappa shape index (κ2) is 5.03. The van der Waals surface area contributed by atoms with Crippen molar-refractivity contribution in [2.75, 3.05) is 0 Å². The molecule has 3 heteroatoms. The molecular formula is C11H20N2O. The Morgan fingerprint density at radius 1 is 1.50 bits per heavy atom. The number of aromatic nitrogens is 2. The van der Waals surface area contributed by atoms with Gasteiger partial charge in [-0.05, 0) is 18.8 Å². The average molecular weight is 196 g/mol. The quantitative estimate of drug-likeness (QED) is 0.770. The molecule has 1 heterocycles. The SMILES string of the molecule is CCCCn1cc(CC(C)C)[nH]c1=O. The molecule has 0 aliphatic carbocycles.